The molecule has 1 heteroatoms. The van der Waals surface area contributed by atoms with Gasteiger partial charge in [0.2, 0.25) is 0 Å². The molecule has 64 valence electrons. The summed E-state index contributed by atoms with van der Waals surface area (Å²) in [6.45, 7) is 5.82. The summed E-state index contributed by atoms with van der Waals surface area (Å²) in [6.07, 6.45) is 6.27. The van der Waals surface area contributed by atoms with Gasteiger partial charge in [-0.2, -0.15) is 0 Å². The molecule has 2 unspecified atom stereocenters. The largest absolute Gasteiger partial charge is 0.373 e. The van der Waals surface area contributed by atoms with Crippen LogP contribution in [0.4, 0.5) is 0 Å². The van der Waals surface area contributed by atoms with Crippen LogP contribution in [-0.4, -0.2) is 12.7 Å². The Kier molecular flexibility index (Phi) is 1.71. The van der Waals surface area contributed by atoms with Crippen LogP contribution in [0.5, 0.6) is 0 Å². The third kappa shape index (κ3) is 1.76. The van der Waals surface area contributed by atoms with E-state index in [2.05, 4.69) is 13.8 Å². The van der Waals surface area contributed by atoms with Gasteiger partial charge in [-0.05, 0) is 30.6 Å². The predicted octanol–water partition coefficient (Wildman–Crippen LogP) is 2.60. The molecule has 2 aliphatic rings. The van der Waals surface area contributed by atoms with Crippen molar-refractivity contribution >= 4 is 0 Å². The van der Waals surface area contributed by atoms with E-state index >= 15 is 0 Å². The first-order chi connectivity index (χ1) is 5.17. The Bertz CT molecular complexity index is 147. The van der Waals surface area contributed by atoms with Gasteiger partial charge in [0.05, 0.1) is 12.7 Å². The van der Waals surface area contributed by atoms with Crippen LogP contribution in [0.2, 0.25) is 0 Å². The number of ether oxygens (including phenoxy) is 1. The lowest BCUT2D eigenvalue weighted by atomic mass is 9.71. The lowest BCUT2D eigenvalue weighted by molar-refractivity contribution is 0.153. The highest BCUT2D eigenvalue weighted by atomic mass is 16.6. The van der Waals surface area contributed by atoms with Crippen LogP contribution in [0.3, 0.4) is 0 Å². The minimum atomic E-state index is 0.592. The van der Waals surface area contributed by atoms with Gasteiger partial charge in [0.25, 0.3) is 0 Å². The SMILES string of the molecule is CC1(C)CCCC(C2CO2)C1. The van der Waals surface area contributed by atoms with E-state index in [1.807, 2.05) is 0 Å². The number of rotatable bonds is 1. The summed E-state index contributed by atoms with van der Waals surface area (Å²) >= 11 is 0. The maximum Gasteiger partial charge on any atom is 0.0838 e. The van der Waals surface area contributed by atoms with Gasteiger partial charge < -0.3 is 4.74 Å². The normalized spacial score (nSPS) is 42.0. The van der Waals surface area contributed by atoms with E-state index in [0.717, 1.165) is 12.5 Å². The van der Waals surface area contributed by atoms with Gasteiger partial charge in [0.1, 0.15) is 0 Å². The van der Waals surface area contributed by atoms with Gasteiger partial charge in [-0.15, -0.1) is 0 Å². The molecule has 0 spiro atoms. The molecule has 1 aliphatic heterocycles. The molecule has 1 saturated carbocycles. The molecule has 11 heavy (non-hydrogen) atoms. The fraction of sp³-hybridized carbons (Fsp3) is 1.00. The van der Waals surface area contributed by atoms with Gasteiger partial charge in [-0.1, -0.05) is 20.3 Å². The van der Waals surface area contributed by atoms with Crippen molar-refractivity contribution in [3.63, 3.8) is 0 Å². The first-order valence-corrected chi connectivity index (χ1v) is 4.79. The molecule has 1 nitrogen and oxygen atoms in total. The molecule has 0 aromatic rings. The second kappa shape index (κ2) is 2.48. The monoisotopic (exact) mass is 154 g/mol. The highest BCUT2D eigenvalue weighted by Crippen LogP contribution is 2.42. The van der Waals surface area contributed by atoms with Crippen LogP contribution in [0.15, 0.2) is 0 Å². The number of hydrogen-bond acceptors (Lipinski definition) is 1. The van der Waals surface area contributed by atoms with Crippen LogP contribution in [0, 0.1) is 11.3 Å². The smallest absolute Gasteiger partial charge is 0.0838 e. The highest BCUT2D eigenvalue weighted by molar-refractivity contribution is 4.87. The van der Waals surface area contributed by atoms with Gasteiger partial charge in [0, 0.05) is 0 Å². The van der Waals surface area contributed by atoms with Crippen LogP contribution in [-0.2, 0) is 4.74 Å². The third-order valence-electron chi connectivity index (χ3n) is 3.13. The molecule has 0 radical (unpaired) electrons. The van der Waals surface area contributed by atoms with E-state index in [9.17, 15) is 0 Å². The Morgan fingerprint density at radius 2 is 2.09 bits per heavy atom. The lowest BCUT2D eigenvalue weighted by Gasteiger charge is -2.34. The first-order valence-electron chi connectivity index (χ1n) is 4.79. The lowest BCUT2D eigenvalue weighted by Crippen LogP contribution is -2.25. The fourth-order valence-corrected chi connectivity index (χ4v) is 2.40. The van der Waals surface area contributed by atoms with Crippen molar-refractivity contribution in [2.24, 2.45) is 11.3 Å². The summed E-state index contributed by atoms with van der Waals surface area (Å²) in [5.74, 6) is 0.888. The summed E-state index contributed by atoms with van der Waals surface area (Å²) < 4.78 is 5.34. The quantitative estimate of drug-likeness (QED) is 0.529. The maximum atomic E-state index is 5.34. The van der Waals surface area contributed by atoms with Gasteiger partial charge in [-0.3, -0.25) is 0 Å². The minimum Gasteiger partial charge on any atom is -0.373 e. The zero-order chi connectivity index (χ0) is 7.90. The van der Waals surface area contributed by atoms with Crippen molar-refractivity contribution in [1.29, 1.82) is 0 Å². The molecule has 2 rings (SSSR count). The van der Waals surface area contributed by atoms with Crippen LogP contribution in [0.25, 0.3) is 0 Å². The molecule has 2 fully saturated rings. The Morgan fingerprint density at radius 3 is 2.64 bits per heavy atom. The third-order valence-corrected chi connectivity index (χ3v) is 3.13. The molecule has 0 N–H and O–H groups in total. The van der Waals surface area contributed by atoms with E-state index < -0.39 is 0 Å². The number of epoxide rings is 1. The highest BCUT2D eigenvalue weighted by Gasteiger charge is 2.38. The summed E-state index contributed by atoms with van der Waals surface area (Å²) in [5, 5.41) is 0. The Hall–Kier alpha value is -0.0400. The molecule has 2 atom stereocenters. The van der Waals surface area contributed by atoms with Crippen molar-refractivity contribution in [3.8, 4) is 0 Å². The summed E-state index contributed by atoms with van der Waals surface area (Å²) in [6, 6.07) is 0. The Labute approximate surface area is 69.1 Å². The zero-order valence-corrected chi connectivity index (χ0v) is 7.60. The van der Waals surface area contributed by atoms with E-state index in [1.54, 1.807) is 0 Å². The van der Waals surface area contributed by atoms with E-state index in [1.165, 1.54) is 25.7 Å². The molecule has 0 bridgehead atoms. The van der Waals surface area contributed by atoms with Crippen molar-refractivity contribution < 1.29 is 4.74 Å². The summed E-state index contributed by atoms with van der Waals surface area (Å²) in [4.78, 5) is 0. The standard InChI is InChI=1S/C10H18O/c1-10(2)5-3-4-8(6-10)9-7-11-9/h8-9H,3-7H2,1-2H3. The topological polar surface area (TPSA) is 12.5 Å². The molecular weight excluding hydrogens is 136 g/mol. The molecule has 0 amide bonds. The van der Waals surface area contributed by atoms with Gasteiger partial charge >= 0.3 is 0 Å². The maximum absolute atomic E-state index is 5.34. The Morgan fingerprint density at radius 1 is 1.36 bits per heavy atom. The van der Waals surface area contributed by atoms with Crippen LogP contribution >= 0.6 is 0 Å². The van der Waals surface area contributed by atoms with Crippen molar-refractivity contribution in [1.82, 2.24) is 0 Å². The van der Waals surface area contributed by atoms with E-state index in [4.69, 9.17) is 4.74 Å². The molecule has 1 heterocycles. The van der Waals surface area contributed by atoms with E-state index in [-0.39, 0.29) is 0 Å². The predicted molar refractivity (Wildman–Crippen MR) is 45.5 cm³/mol. The second-order valence-electron chi connectivity index (χ2n) is 4.89. The zero-order valence-electron chi connectivity index (χ0n) is 7.60. The Balaban J connectivity index is 1.92. The van der Waals surface area contributed by atoms with Crippen molar-refractivity contribution in [3.05, 3.63) is 0 Å². The van der Waals surface area contributed by atoms with Gasteiger partial charge in [0.15, 0.2) is 0 Å². The molecule has 1 saturated heterocycles. The molecule has 0 aromatic heterocycles. The average molecular weight is 154 g/mol. The first kappa shape index (κ1) is 7.60. The van der Waals surface area contributed by atoms with Crippen LogP contribution < -0.4 is 0 Å². The fourth-order valence-electron chi connectivity index (χ4n) is 2.40. The molecular formula is C10H18O. The molecule has 0 aromatic carbocycles. The van der Waals surface area contributed by atoms with Crippen LogP contribution in [0.1, 0.15) is 39.5 Å². The number of hydrogen-bond donors (Lipinski definition) is 0. The van der Waals surface area contributed by atoms with Gasteiger partial charge in [-0.25, -0.2) is 0 Å². The summed E-state index contributed by atoms with van der Waals surface area (Å²) in [5.41, 5.74) is 0.592. The van der Waals surface area contributed by atoms with E-state index in [0.29, 0.717) is 11.5 Å². The van der Waals surface area contributed by atoms with Crippen molar-refractivity contribution in [2.75, 3.05) is 6.61 Å². The molecule has 1 aliphatic carbocycles. The summed E-state index contributed by atoms with van der Waals surface area (Å²) in [7, 11) is 0. The minimum absolute atomic E-state index is 0.592. The average Bonchev–Trinajstić information content (AvgIpc) is 2.65. The van der Waals surface area contributed by atoms with Crippen molar-refractivity contribution in [2.45, 2.75) is 45.6 Å². The second-order valence-corrected chi connectivity index (χ2v) is 4.89.